The summed E-state index contributed by atoms with van der Waals surface area (Å²) in [5, 5.41) is 11.6. The van der Waals surface area contributed by atoms with Crippen LogP contribution in [0.3, 0.4) is 0 Å². The Hall–Kier alpha value is -5.40. The third-order valence-electron chi connectivity index (χ3n) is 9.21. The van der Waals surface area contributed by atoms with Crippen LogP contribution in [0.2, 0.25) is 0 Å². The zero-order valence-corrected chi connectivity index (χ0v) is 23.0. The number of benzene rings is 8. The van der Waals surface area contributed by atoms with Gasteiger partial charge in [-0.3, -0.25) is 0 Å². The molecule has 0 saturated heterocycles. The minimum absolute atomic E-state index is 0.403. The third-order valence-corrected chi connectivity index (χ3v) is 9.21. The zero-order valence-electron chi connectivity index (χ0n) is 23.0. The molecule has 196 valence electrons. The number of anilines is 2. The molecule has 0 amide bonds. The molecule has 0 heterocycles. The number of rotatable bonds is 4. The van der Waals surface area contributed by atoms with Crippen molar-refractivity contribution in [3.63, 3.8) is 0 Å². The topological polar surface area (TPSA) is 12.0 Å². The Morgan fingerprint density at radius 1 is 0.357 bits per heavy atom. The molecule has 0 radical (unpaired) electrons. The summed E-state index contributed by atoms with van der Waals surface area (Å²) < 4.78 is 0. The summed E-state index contributed by atoms with van der Waals surface area (Å²) in [6.07, 6.45) is 0. The van der Waals surface area contributed by atoms with Crippen molar-refractivity contribution in [1.29, 1.82) is 0 Å². The van der Waals surface area contributed by atoms with Crippen LogP contribution in [0.25, 0.3) is 43.4 Å². The summed E-state index contributed by atoms with van der Waals surface area (Å²) in [7, 11) is 0. The Labute approximate surface area is 245 Å². The third kappa shape index (κ3) is 3.19. The molecule has 0 fully saturated rings. The largest absolute Gasteiger partial charge is 0.355 e. The zero-order chi connectivity index (χ0) is 27.7. The fraction of sp³-hybridized carbons (Fsp3) is 0.0244. The van der Waals surface area contributed by atoms with Gasteiger partial charge in [-0.15, -0.1) is 0 Å². The van der Waals surface area contributed by atoms with Crippen LogP contribution in [0, 0.1) is 0 Å². The van der Waals surface area contributed by atoms with Gasteiger partial charge < -0.3 is 5.32 Å². The second-order valence-corrected chi connectivity index (χ2v) is 11.4. The highest BCUT2D eigenvalue weighted by molar-refractivity contribution is 6.23. The first-order valence-electron chi connectivity index (χ1n) is 14.6. The molecule has 0 aromatic heterocycles. The Bertz CT molecular complexity index is 2160. The lowest BCUT2D eigenvalue weighted by Crippen LogP contribution is -2.28. The summed E-state index contributed by atoms with van der Waals surface area (Å²) in [5.41, 5.74) is 9.58. The van der Waals surface area contributed by atoms with E-state index >= 15 is 0 Å². The van der Waals surface area contributed by atoms with Gasteiger partial charge in [0.1, 0.15) is 0 Å². The van der Waals surface area contributed by atoms with Crippen molar-refractivity contribution < 1.29 is 0 Å². The standard InChI is InChI=1S/C41H27N/c1-3-12-31(13-4-1)41(32-14-5-2-6-15-32)37-17-8-7-16-35(37)36-23-22-33(26-38(36)41)42-34-24-29-20-18-27-10-9-11-28-19-21-30(25-34)40(29)39(27)28/h1-26,42H. The van der Waals surface area contributed by atoms with E-state index in [4.69, 9.17) is 0 Å². The molecule has 8 aromatic carbocycles. The Balaban J connectivity index is 1.24. The van der Waals surface area contributed by atoms with Gasteiger partial charge in [-0.2, -0.15) is 0 Å². The van der Waals surface area contributed by atoms with E-state index in [2.05, 4.69) is 163 Å². The lowest BCUT2D eigenvalue weighted by Gasteiger charge is -2.34. The molecule has 8 aromatic rings. The second-order valence-electron chi connectivity index (χ2n) is 11.4. The van der Waals surface area contributed by atoms with Crippen LogP contribution < -0.4 is 5.32 Å². The van der Waals surface area contributed by atoms with E-state index in [1.165, 1.54) is 65.7 Å². The predicted octanol–water partition coefficient (Wildman–Crippen LogP) is 10.7. The van der Waals surface area contributed by atoms with Gasteiger partial charge in [-0.25, -0.2) is 0 Å². The van der Waals surface area contributed by atoms with E-state index in [0.29, 0.717) is 0 Å². The van der Waals surface area contributed by atoms with Gasteiger partial charge in [0.15, 0.2) is 0 Å². The van der Waals surface area contributed by atoms with Crippen LogP contribution in [0.15, 0.2) is 158 Å². The van der Waals surface area contributed by atoms with Crippen LogP contribution in [0.1, 0.15) is 22.3 Å². The van der Waals surface area contributed by atoms with Crippen LogP contribution in [0.4, 0.5) is 11.4 Å². The number of nitrogens with one attached hydrogen (secondary N) is 1. The summed E-state index contributed by atoms with van der Waals surface area (Å²) in [5.74, 6) is 0. The van der Waals surface area contributed by atoms with Gasteiger partial charge >= 0.3 is 0 Å². The van der Waals surface area contributed by atoms with Crippen molar-refractivity contribution in [1.82, 2.24) is 0 Å². The first kappa shape index (κ1) is 23.3. The van der Waals surface area contributed by atoms with Crippen molar-refractivity contribution in [2.24, 2.45) is 0 Å². The smallest absolute Gasteiger partial charge is 0.0714 e. The van der Waals surface area contributed by atoms with Crippen molar-refractivity contribution in [2.75, 3.05) is 5.32 Å². The van der Waals surface area contributed by atoms with E-state index < -0.39 is 5.41 Å². The highest BCUT2D eigenvalue weighted by Gasteiger charge is 2.46. The van der Waals surface area contributed by atoms with Gasteiger partial charge in [0.2, 0.25) is 0 Å². The van der Waals surface area contributed by atoms with Gasteiger partial charge in [0, 0.05) is 11.4 Å². The summed E-state index contributed by atoms with van der Waals surface area (Å²) in [4.78, 5) is 0. The molecule has 9 rings (SSSR count). The van der Waals surface area contributed by atoms with Crippen molar-refractivity contribution in [3.8, 4) is 11.1 Å². The van der Waals surface area contributed by atoms with Gasteiger partial charge in [0.25, 0.3) is 0 Å². The van der Waals surface area contributed by atoms with Gasteiger partial charge in [-0.05, 0) is 90.0 Å². The minimum atomic E-state index is -0.403. The average Bonchev–Trinajstić information content (AvgIpc) is 3.35. The summed E-state index contributed by atoms with van der Waals surface area (Å²) in [6, 6.07) is 57.9. The number of fused-ring (bicyclic) bond motifs is 3. The van der Waals surface area contributed by atoms with E-state index in [9.17, 15) is 0 Å². The molecular weight excluding hydrogens is 506 g/mol. The Kier molecular flexibility index (Phi) is 4.88. The van der Waals surface area contributed by atoms with E-state index in [1.54, 1.807) is 0 Å². The monoisotopic (exact) mass is 533 g/mol. The predicted molar refractivity (Wildman–Crippen MR) is 177 cm³/mol. The van der Waals surface area contributed by atoms with E-state index in [0.717, 1.165) is 11.4 Å². The van der Waals surface area contributed by atoms with Crippen LogP contribution in [-0.4, -0.2) is 0 Å². The van der Waals surface area contributed by atoms with Crippen molar-refractivity contribution >= 4 is 43.7 Å². The summed E-state index contributed by atoms with van der Waals surface area (Å²) in [6.45, 7) is 0. The molecule has 1 nitrogen and oxygen atoms in total. The molecule has 1 aliphatic carbocycles. The second kappa shape index (κ2) is 8.80. The first-order chi connectivity index (χ1) is 20.8. The van der Waals surface area contributed by atoms with Crippen molar-refractivity contribution in [3.05, 3.63) is 180 Å². The normalized spacial score (nSPS) is 13.4. The fourth-order valence-corrected chi connectivity index (χ4v) is 7.51. The van der Waals surface area contributed by atoms with Gasteiger partial charge in [0.05, 0.1) is 5.41 Å². The molecule has 0 spiro atoms. The molecule has 1 N–H and O–H groups in total. The maximum absolute atomic E-state index is 3.80. The summed E-state index contributed by atoms with van der Waals surface area (Å²) >= 11 is 0. The lowest BCUT2D eigenvalue weighted by molar-refractivity contribution is 0.769. The van der Waals surface area contributed by atoms with E-state index in [1.807, 2.05) is 0 Å². The maximum Gasteiger partial charge on any atom is 0.0714 e. The minimum Gasteiger partial charge on any atom is -0.355 e. The quantitative estimate of drug-likeness (QED) is 0.222. The molecule has 1 aliphatic rings. The van der Waals surface area contributed by atoms with Crippen LogP contribution in [-0.2, 0) is 5.41 Å². The molecule has 0 saturated carbocycles. The molecule has 0 bridgehead atoms. The van der Waals surface area contributed by atoms with Crippen LogP contribution >= 0.6 is 0 Å². The Morgan fingerprint density at radius 3 is 1.57 bits per heavy atom. The lowest BCUT2D eigenvalue weighted by atomic mass is 9.67. The molecule has 42 heavy (non-hydrogen) atoms. The maximum atomic E-state index is 3.80. The highest BCUT2D eigenvalue weighted by Crippen LogP contribution is 2.56. The fourth-order valence-electron chi connectivity index (χ4n) is 7.51. The van der Waals surface area contributed by atoms with Crippen LogP contribution in [0.5, 0.6) is 0 Å². The SMILES string of the molecule is c1ccc(C2(c3ccccc3)c3ccccc3-c3ccc(Nc4cc5ccc6cccc7ccc(c4)c5c67)cc32)cc1. The van der Waals surface area contributed by atoms with Crippen molar-refractivity contribution in [2.45, 2.75) is 5.41 Å². The van der Waals surface area contributed by atoms with E-state index in [-0.39, 0.29) is 0 Å². The Morgan fingerprint density at radius 2 is 0.905 bits per heavy atom. The highest BCUT2D eigenvalue weighted by atomic mass is 14.9. The molecule has 0 atom stereocenters. The molecule has 0 aliphatic heterocycles. The molecule has 0 unspecified atom stereocenters. The average molecular weight is 534 g/mol. The first-order valence-corrected chi connectivity index (χ1v) is 14.6. The molecule has 1 heteroatoms. The molecular formula is C41H27N. The number of hydrogen-bond donors (Lipinski definition) is 1. The number of hydrogen-bond acceptors (Lipinski definition) is 1. The van der Waals surface area contributed by atoms with Gasteiger partial charge in [-0.1, -0.05) is 133 Å².